The molecule has 11 aromatic carbocycles. The molecule has 12 rings (SSSR count). The molecule has 1 heterocycles. The van der Waals surface area contributed by atoms with E-state index in [4.69, 9.17) is 4.98 Å². The number of benzene rings is 11. The first-order valence-corrected chi connectivity index (χ1v) is 21.0. The van der Waals surface area contributed by atoms with E-state index in [0.717, 1.165) is 50.4 Å². The van der Waals surface area contributed by atoms with Crippen LogP contribution in [-0.2, 0) is 0 Å². The van der Waals surface area contributed by atoms with Gasteiger partial charge in [0.15, 0.2) is 0 Å². The van der Waals surface area contributed by atoms with Crippen LogP contribution in [0.5, 0.6) is 0 Å². The first kappa shape index (κ1) is 34.9. The quantitative estimate of drug-likeness (QED) is 0.154. The standard InChI is InChI=1S/C59H38N2/c1-3-17-41(18-4-1)53-37-44(32-34-52(53)59-60-55-25-13-14-26-56(55)61(59)48-21-5-2-6-22-48)45-31-33-51-54(38-45)58(47-30-28-40-16-8-10-20-43(40)36-47)50-24-12-11-23-49(50)57(51)46-29-27-39-15-7-9-19-42(39)35-46/h1-38H. The number of hydrogen-bond acceptors (Lipinski definition) is 1. The third kappa shape index (κ3) is 5.92. The summed E-state index contributed by atoms with van der Waals surface area (Å²) in [6, 6.07) is 83.8. The molecule has 2 nitrogen and oxygen atoms in total. The molecule has 0 amide bonds. The van der Waals surface area contributed by atoms with E-state index in [1.807, 2.05) is 0 Å². The molecule has 0 spiro atoms. The van der Waals surface area contributed by atoms with Crippen LogP contribution in [0.3, 0.4) is 0 Å². The van der Waals surface area contributed by atoms with Crippen LogP contribution in [0.1, 0.15) is 0 Å². The van der Waals surface area contributed by atoms with Gasteiger partial charge in [0, 0.05) is 11.3 Å². The van der Waals surface area contributed by atoms with Gasteiger partial charge in [-0.25, -0.2) is 4.98 Å². The number of rotatable bonds is 6. The SMILES string of the molecule is c1ccc(-c2cc(-c3ccc4c(-c5ccc6ccccc6c5)c5ccccc5c(-c5ccc6ccccc6c5)c4c3)ccc2-c2nc3ccccc3n2-c2ccccc2)cc1. The molecule has 0 unspecified atom stereocenters. The molecule has 284 valence electrons. The van der Waals surface area contributed by atoms with Crippen LogP contribution in [0.15, 0.2) is 231 Å². The minimum absolute atomic E-state index is 0.918. The molecule has 0 fully saturated rings. The predicted octanol–water partition coefficient (Wildman–Crippen LogP) is 16.0. The van der Waals surface area contributed by atoms with E-state index >= 15 is 0 Å². The van der Waals surface area contributed by atoms with Gasteiger partial charge >= 0.3 is 0 Å². The van der Waals surface area contributed by atoms with Crippen LogP contribution >= 0.6 is 0 Å². The molecule has 12 aromatic rings. The fourth-order valence-electron chi connectivity index (χ4n) is 9.49. The largest absolute Gasteiger partial charge is 0.292 e. The Hall–Kier alpha value is -8.07. The van der Waals surface area contributed by atoms with Crippen molar-refractivity contribution in [3.05, 3.63) is 231 Å². The lowest BCUT2D eigenvalue weighted by Gasteiger charge is -2.20. The zero-order valence-corrected chi connectivity index (χ0v) is 33.3. The molecule has 0 saturated carbocycles. The van der Waals surface area contributed by atoms with Crippen LogP contribution in [0, 0.1) is 0 Å². The lowest BCUT2D eigenvalue weighted by Crippen LogP contribution is -1.99. The summed E-state index contributed by atoms with van der Waals surface area (Å²) < 4.78 is 2.29. The Labute approximate surface area is 354 Å². The van der Waals surface area contributed by atoms with Crippen molar-refractivity contribution in [2.75, 3.05) is 0 Å². The fraction of sp³-hybridized carbons (Fsp3) is 0. The zero-order valence-electron chi connectivity index (χ0n) is 33.3. The summed E-state index contributed by atoms with van der Waals surface area (Å²) >= 11 is 0. The van der Waals surface area contributed by atoms with Crippen LogP contribution in [0.4, 0.5) is 0 Å². The third-order valence-corrected chi connectivity index (χ3v) is 12.4. The maximum absolute atomic E-state index is 5.30. The van der Waals surface area contributed by atoms with Crippen molar-refractivity contribution in [1.29, 1.82) is 0 Å². The first-order valence-electron chi connectivity index (χ1n) is 21.0. The normalized spacial score (nSPS) is 11.6. The Morgan fingerprint density at radius 1 is 0.295 bits per heavy atom. The lowest BCUT2D eigenvalue weighted by molar-refractivity contribution is 1.10. The maximum atomic E-state index is 5.30. The van der Waals surface area contributed by atoms with Gasteiger partial charge in [-0.15, -0.1) is 0 Å². The molecule has 0 bridgehead atoms. The smallest absolute Gasteiger partial charge is 0.146 e. The maximum Gasteiger partial charge on any atom is 0.146 e. The summed E-state index contributed by atoms with van der Waals surface area (Å²) in [5.74, 6) is 0.918. The van der Waals surface area contributed by atoms with Crippen molar-refractivity contribution in [3.63, 3.8) is 0 Å². The van der Waals surface area contributed by atoms with Gasteiger partial charge in [-0.1, -0.05) is 176 Å². The van der Waals surface area contributed by atoms with E-state index in [1.54, 1.807) is 0 Å². The molecule has 0 saturated heterocycles. The minimum Gasteiger partial charge on any atom is -0.292 e. The molecular weight excluding hydrogens is 737 g/mol. The van der Waals surface area contributed by atoms with Crippen molar-refractivity contribution in [2.24, 2.45) is 0 Å². The van der Waals surface area contributed by atoms with Crippen LogP contribution < -0.4 is 0 Å². The van der Waals surface area contributed by atoms with E-state index in [-0.39, 0.29) is 0 Å². The van der Waals surface area contributed by atoms with Crippen LogP contribution in [0.25, 0.3) is 116 Å². The van der Waals surface area contributed by atoms with Gasteiger partial charge in [-0.05, 0) is 142 Å². The summed E-state index contributed by atoms with van der Waals surface area (Å²) in [5, 5.41) is 9.90. The van der Waals surface area contributed by atoms with Crippen molar-refractivity contribution in [1.82, 2.24) is 9.55 Å². The average molecular weight is 775 g/mol. The lowest BCUT2D eigenvalue weighted by atomic mass is 9.84. The highest BCUT2D eigenvalue weighted by atomic mass is 15.1. The van der Waals surface area contributed by atoms with E-state index in [0.29, 0.717) is 0 Å². The number of nitrogens with zero attached hydrogens (tertiary/aromatic N) is 2. The molecular formula is C59H38N2. The Morgan fingerprint density at radius 2 is 0.803 bits per heavy atom. The van der Waals surface area contributed by atoms with Gasteiger partial charge in [0.1, 0.15) is 5.82 Å². The van der Waals surface area contributed by atoms with E-state index in [9.17, 15) is 0 Å². The molecule has 0 aliphatic carbocycles. The summed E-state index contributed by atoms with van der Waals surface area (Å²) in [7, 11) is 0. The molecule has 0 N–H and O–H groups in total. The van der Waals surface area contributed by atoms with Gasteiger partial charge in [0.05, 0.1) is 11.0 Å². The molecule has 0 aliphatic rings. The van der Waals surface area contributed by atoms with E-state index in [1.165, 1.54) is 65.3 Å². The highest BCUT2D eigenvalue weighted by Gasteiger charge is 2.21. The molecule has 0 atom stereocenters. The predicted molar refractivity (Wildman–Crippen MR) is 258 cm³/mol. The summed E-state index contributed by atoms with van der Waals surface area (Å²) in [4.78, 5) is 5.30. The highest BCUT2D eigenvalue weighted by molar-refractivity contribution is 6.22. The van der Waals surface area contributed by atoms with Gasteiger partial charge in [0.2, 0.25) is 0 Å². The second-order valence-corrected chi connectivity index (χ2v) is 15.9. The van der Waals surface area contributed by atoms with Crippen molar-refractivity contribution >= 4 is 54.1 Å². The number of para-hydroxylation sites is 3. The second-order valence-electron chi connectivity index (χ2n) is 15.9. The van der Waals surface area contributed by atoms with Crippen LogP contribution in [-0.4, -0.2) is 9.55 Å². The Bertz CT molecular complexity index is 3640. The van der Waals surface area contributed by atoms with Crippen molar-refractivity contribution < 1.29 is 0 Å². The van der Waals surface area contributed by atoms with Crippen molar-refractivity contribution in [2.45, 2.75) is 0 Å². The average Bonchev–Trinajstić information content (AvgIpc) is 3.73. The van der Waals surface area contributed by atoms with Crippen molar-refractivity contribution in [3.8, 4) is 61.6 Å². The molecule has 2 heteroatoms. The molecule has 1 aromatic heterocycles. The van der Waals surface area contributed by atoms with E-state index in [2.05, 4.69) is 235 Å². The van der Waals surface area contributed by atoms with Gasteiger partial charge in [-0.2, -0.15) is 0 Å². The monoisotopic (exact) mass is 774 g/mol. The number of aromatic nitrogens is 2. The van der Waals surface area contributed by atoms with E-state index < -0.39 is 0 Å². The fourth-order valence-corrected chi connectivity index (χ4v) is 9.49. The summed E-state index contributed by atoms with van der Waals surface area (Å²) in [5.41, 5.74) is 13.7. The Kier molecular flexibility index (Phi) is 8.21. The summed E-state index contributed by atoms with van der Waals surface area (Å²) in [6.45, 7) is 0. The second kappa shape index (κ2) is 14.3. The molecule has 0 aliphatic heterocycles. The Morgan fingerprint density at radius 3 is 1.49 bits per heavy atom. The number of imidazole rings is 1. The first-order chi connectivity index (χ1) is 30.2. The Balaban J connectivity index is 1.12. The third-order valence-electron chi connectivity index (χ3n) is 12.4. The van der Waals surface area contributed by atoms with Gasteiger partial charge < -0.3 is 0 Å². The van der Waals surface area contributed by atoms with Gasteiger partial charge in [-0.3, -0.25) is 4.57 Å². The van der Waals surface area contributed by atoms with Crippen LogP contribution in [0.2, 0.25) is 0 Å². The highest BCUT2D eigenvalue weighted by Crippen LogP contribution is 2.46. The number of fused-ring (bicyclic) bond motifs is 5. The number of hydrogen-bond donors (Lipinski definition) is 0. The topological polar surface area (TPSA) is 17.8 Å². The molecule has 61 heavy (non-hydrogen) atoms. The van der Waals surface area contributed by atoms with Gasteiger partial charge in [0.25, 0.3) is 0 Å². The zero-order chi connectivity index (χ0) is 40.3. The minimum atomic E-state index is 0.918. The molecule has 0 radical (unpaired) electrons. The summed E-state index contributed by atoms with van der Waals surface area (Å²) in [6.07, 6.45) is 0.